The van der Waals surface area contributed by atoms with Gasteiger partial charge >= 0.3 is 0 Å². The highest BCUT2D eigenvalue weighted by Gasteiger charge is 2.32. The zero-order chi connectivity index (χ0) is 24.4. The van der Waals surface area contributed by atoms with Crippen LogP contribution in [0.2, 0.25) is 0 Å². The van der Waals surface area contributed by atoms with Crippen LogP contribution in [0.3, 0.4) is 0 Å². The van der Waals surface area contributed by atoms with Crippen LogP contribution in [0.5, 0.6) is 5.75 Å². The largest absolute Gasteiger partial charge is 0.494 e. The monoisotopic (exact) mass is 484 g/mol. The molecule has 0 N–H and O–H groups in total. The molecule has 2 heterocycles. The first-order valence-corrected chi connectivity index (χ1v) is 12.4. The lowest BCUT2D eigenvalue weighted by atomic mass is 9.94. The summed E-state index contributed by atoms with van der Waals surface area (Å²) in [4.78, 5) is 43.3. The third-order valence-electron chi connectivity index (χ3n) is 6.04. The van der Waals surface area contributed by atoms with Gasteiger partial charge in [-0.15, -0.1) is 11.3 Å². The van der Waals surface area contributed by atoms with Gasteiger partial charge in [0.05, 0.1) is 11.5 Å². The SMILES string of the molecule is CCOc1cccc(N(CCCN2C(=O)c3cccc4cccc(c34)C2=O)C(=O)c2cccs2)c1. The molecule has 176 valence electrons. The predicted octanol–water partition coefficient (Wildman–Crippen LogP) is 5.63. The molecule has 4 aromatic rings. The maximum Gasteiger partial charge on any atom is 0.268 e. The van der Waals surface area contributed by atoms with Crippen molar-refractivity contribution < 1.29 is 19.1 Å². The average Bonchev–Trinajstić information content (AvgIpc) is 3.42. The van der Waals surface area contributed by atoms with E-state index in [4.69, 9.17) is 4.74 Å². The van der Waals surface area contributed by atoms with Crippen LogP contribution in [0.25, 0.3) is 10.8 Å². The molecule has 1 aliphatic heterocycles. The van der Waals surface area contributed by atoms with Crippen LogP contribution < -0.4 is 9.64 Å². The zero-order valence-electron chi connectivity index (χ0n) is 19.3. The number of carbonyl (C=O) groups is 3. The van der Waals surface area contributed by atoms with E-state index in [-0.39, 0.29) is 24.3 Å². The van der Waals surface area contributed by atoms with Gasteiger partial charge in [-0.25, -0.2) is 0 Å². The van der Waals surface area contributed by atoms with Gasteiger partial charge in [0.2, 0.25) is 0 Å². The van der Waals surface area contributed by atoms with Gasteiger partial charge in [0.1, 0.15) is 5.75 Å². The van der Waals surface area contributed by atoms with Gasteiger partial charge in [-0.05, 0) is 54.4 Å². The topological polar surface area (TPSA) is 66.9 Å². The third-order valence-corrected chi connectivity index (χ3v) is 6.89. The first-order valence-electron chi connectivity index (χ1n) is 11.5. The zero-order valence-corrected chi connectivity index (χ0v) is 20.1. The van der Waals surface area contributed by atoms with Gasteiger partial charge in [-0.2, -0.15) is 0 Å². The highest BCUT2D eigenvalue weighted by atomic mass is 32.1. The second-order valence-electron chi connectivity index (χ2n) is 8.19. The molecule has 1 aliphatic rings. The summed E-state index contributed by atoms with van der Waals surface area (Å²) in [5.74, 6) is -0.0392. The van der Waals surface area contributed by atoms with E-state index in [1.54, 1.807) is 23.1 Å². The summed E-state index contributed by atoms with van der Waals surface area (Å²) in [6, 6.07) is 22.0. The number of hydrogen-bond acceptors (Lipinski definition) is 5. The Morgan fingerprint density at radius 3 is 2.31 bits per heavy atom. The molecule has 3 amide bonds. The van der Waals surface area contributed by atoms with Gasteiger partial charge in [0, 0.05) is 41.4 Å². The fourth-order valence-electron chi connectivity index (χ4n) is 4.46. The van der Waals surface area contributed by atoms with Crippen molar-refractivity contribution in [1.29, 1.82) is 0 Å². The number of ether oxygens (including phenoxy) is 1. The van der Waals surface area contributed by atoms with Gasteiger partial charge in [-0.3, -0.25) is 19.3 Å². The number of nitrogens with zero attached hydrogens (tertiary/aromatic N) is 2. The molecule has 0 saturated heterocycles. The number of thiophene rings is 1. The van der Waals surface area contributed by atoms with Crippen LogP contribution in [0.4, 0.5) is 5.69 Å². The molecule has 6 nitrogen and oxygen atoms in total. The molecule has 0 radical (unpaired) electrons. The van der Waals surface area contributed by atoms with Crippen molar-refractivity contribution in [3.63, 3.8) is 0 Å². The van der Waals surface area contributed by atoms with Crippen molar-refractivity contribution in [3.8, 4) is 5.75 Å². The summed E-state index contributed by atoms with van der Waals surface area (Å²) < 4.78 is 5.62. The minimum atomic E-state index is -0.297. The lowest BCUT2D eigenvalue weighted by Gasteiger charge is -2.28. The van der Waals surface area contributed by atoms with Crippen molar-refractivity contribution in [2.24, 2.45) is 0 Å². The van der Waals surface area contributed by atoms with Crippen LogP contribution in [-0.4, -0.2) is 42.3 Å². The number of amides is 3. The van der Waals surface area contributed by atoms with Gasteiger partial charge in [-0.1, -0.05) is 36.4 Å². The Bertz CT molecular complexity index is 1360. The second kappa shape index (κ2) is 9.72. The number of rotatable bonds is 8. The maximum atomic E-state index is 13.3. The van der Waals surface area contributed by atoms with Crippen molar-refractivity contribution in [2.45, 2.75) is 13.3 Å². The Hall–Kier alpha value is -3.97. The normalized spacial score (nSPS) is 12.8. The lowest BCUT2D eigenvalue weighted by molar-refractivity contribution is 0.0610. The van der Waals surface area contributed by atoms with Gasteiger partial charge in [0.25, 0.3) is 17.7 Å². The predicted molar refractivity (Wildman–Crippen MR) is 138 cm³/mol. The lowest BCUT2D eigenvalue weighted by Crippen LogP contribution is -2.42. The van der Waals surface area contributed by atoms with Crippen molar-refractivity contribution in [1.82, 2.24) is 4.90 Å². The summed E-state index contributed by atoms with van der Waals surface area (Å²) in [5, 5.41) is 3.46. The van der Waals surface area contributed by atoms with Crippen LogP contribution in [0.15, 0.2) is 78.2 Å². The van der Waals surface area contributed by atoms with E-state index in [9.17, 15) is 14.4 Å². The van der Waals surface area contributed by atoms with E-state index in [2.05, 4.69) is 0 Å². The number of benzene rings is 3. The Balaban J connectivity index is 1.38. The van der Waals surface area contributed by atoms with Crippen LogP contribution in [0.1, 0.15) is 43.7 Å². The third kappa shape index (κ3) is 4.31. The Kier molecular flexibility index (Phi) is 6.33. The smallest absolute Gasteiger partial charge is 0.268 e. The second-order valence-corrected chi connectivity index (χ2v) is 9.14. The molecule has 1 aromatic heterocycles. The highest BCUT2D eigenvalue weighted by Crippen LogP contribution is 2.30. The first-order chi connectivity index (χ1) is 17.1. The first kappa shape index (κ1) is 22.8. The van der Waals surface area contributed by atoms with Crippen molar-refractivity contribution in [2.75, 3.05) is 24.6 Å². The van der Waals surface area contributed by atoms with E-state index < -0.39 is 0 Å². The highest BCUT2D eigenvalue weighted by molar-refractivity contribution is 7.12. The summed E-state index contributed by atoms with van der Waals surface area (Å²) in [6.07, 6.45) is 0.436. The van der Waals surface area contributed by atoms with E-state index in [0.29, 0.717) is 52.4 Å². The molecular weight excluding hydrogens is 460 g/mol. The number of hydrogen-bond donors (Lipinski definition) is 0. The van der Waals surface area contributed by atoms with E-state index in [1.165, 1.54) is 16.2 Å². The van der Waals surface area contributed by atoms with E-state index >= 15 is 0 Å². The quantitative estimate of drug-likeness (QED) is 0.304. The van der Waals surface area contributed by atoms with E-state index in [0.717, 1.165) is 5.39 Å². The Morgan fingerprint density at radius 1 is 0.943 bits per heavy atom. The molecule has 0 saturated carbocycles. The molecule has 7 heteroatoms. The average molecular weight is 485 g/mol. The van der Waals surface area contributed by atoms with Gasteiger partial charge < -0.3 is 9.64 Å². The summed E-state index contributed by atoms with van der Waals surface area (Å²) >= 11 is 1.38. The summed E-state index contributed by atoms with van der Waals surface area (Å²) in [7, 11) is 0. The van der Waals surface area contributed by atoms with Gasteiger partial charge in [0.15, 0.2) is 0 Å². The standard InChI is InChI=1S/C28H24N2O4S/c1-2-34-21-11-5-10-20(18-21)29(28(33)24-14-6-17-35-24)15-7-16-30-26(31)22-12-3-8-19-9-4-13-23(25(19)22)27(30)32/h3-6,8-14,17-18H,2,7,15-16H2,1H3. The Labute approximate surface area is 207 Å². The van der Waals surface area contributed by atoms with E-state index in [1.807, 2.05) is 66.9 Å². The number of imide groups is 1. The minimum Gasteiger partial charge on any atom is -0.494 e. The summed E-state index contributed by atoms with van der Waals surface area (Å²) in [5.41, 5.74) is 1.78. The maximum absolute atomic E-state index is 13.3. The molecule has 0 bridgehead atoms. The Morgan fingerprint density at radius 2 is 1.66 bits per heavy atom. The van der Waals surface area contributed by atoms with Crippen molar-refractivity contribution >= 4 is 45.5 Å². The summed E-state index contributed by atoms with van der Waals surface area (Å²) in [6.45, 7) is 2.99. The van der Waals surface area contributed by atoms with Crippen LogP contribution >= 0.6 is 11.3 Å². The molecule has 35 heavy (non-hydrogen) atoms. The van der Waals surface area contributed by atoms with Crippen LogP contribution in [0, 0.1) is 0 Å². The van der Waals surface area contributed by atoms with Crippen molar-refractivity contribution in [3.05, 3.63) is 94.2 Å². The molecule has 3 aromatic carbocycles. The number of anilines is 1. The minimum absolute atomic E-state index is 0.125. The number of carbonyl (C=O) groups excluding carboxylic acids is 3. The fourth-order valence-corrected chi connectivity index (χ4v) is 5.13. The molecule has 0 unspecified atom stereocenters. The van der Waals surface area contributed by atoms with Crippen LogP contribution in [-0.2, 0) is 0 Å². The molecule has 0 atom stereocenters. The molecule has 0 spiro atoms. The molecular formula is C28H24N2O4S. The molecule has 0 fully saturated rings. The molecule has 5 rings (SSSR count). The molecule has 0 aliphatic carbocycles. The fraction of sp³-hybridized carbons (Fsp3) is 0.179.